The van der Waals surface area contributed by atoms with Crippen LogP contribution in [0.1, 0.15) is 10.4 Å². The highest BCUT2D eigenvalue weighted by Crippen LogP contribution is 2.24. The average molecular weight is 388 g/mol. The molecule has 1 amide bonds. The van der Waals surface area contributed by atoms with E-state index in [4.69, 9.17) is 9.47 Å². The number of rotatable bonds is 5. The Labute approximate surface area is 171 Å². The van der Waals surface area contributed by atoms with E-state index in [9.17, 15) is 4.79 Å². The SMILES string of the molecule is COc1cccc(N2CCN(C(=O)c3ccc(Oc4ccccc4)cc3)CC2)c1. The Balaban J connectivity index is 1.35. The van der Waals surface area contributed by atoms with Gasteiger partial charge in [0, 0.05) is 43.5 Å². The van der Waals surface area contributed by atoms with Gasteiger partial charge in [0.25, 0.3) is 5.91 Å². The van der Waals surface area contributed by atoms with Crippen LogP contribution in [0.3, 0.4) is 0 Å². The molecule has 0 spiro atoms. The molecule has 0 aliphatic carbocycles. The number of para-hydroxylation sites is 1. The number of carbonyl (C=O) groups is 1. The van der Waals surface area contributed by atoms with Crippen LogP contribution in [0.15, 0.2) is 78.9 Å². The van der Waals surface area contributed by atoms with Gasteiger partial charge in [-0.1, -0.05) is 24.3 Å². The fourth-order valence-electron chi connectivity index (χ4n) is 3.45. The lowest BCUT2D eigenvalue weighted by molar-refractivity contribution is 0.0746. The average Bonchev–Trinajstić information content (AvgIpc) is 2.80. The van der Waals surface area contributed by atoms with E-state index in [1.807, 2.05) is 77.7 Å². The third-order valence-electron chi connectivity index (χ3n) is 5.07. The number of piperazine rings is 1. The highest BCUT2D eigenvalue weighted by molar-refractivity contribution is 5.94. The quantitative estimate of drug-likeness (QED) is 0.648. The van der Waals surface area contributed by atoms with Gasteiger partial charge >= 0.3 is 0 Å². The van der Waals surface area contributed by atoms with E-state index in [1.165, 1.54) is 0 Å². The smallest absolute Gasteiger partial charge is 0.253 e. The van der Waals surface area contributed by atoms with Gasteiger partial charge in [-0.15, -0.1) is 0 Å². The number of benzene rings is 3. The minimum atomic E-state index is 0.0570. The Morgan fingerprint density at radius 3 is 2.10 bits per heavy atom. The molecule has 5 heteroatoms. The Morgan fingerprint density at radius 2 is 1.41 bits per heavy atom. The normalized spacial score (nSPS) is 13.8. The number of methoxy groups -OCH3 is 1. The predicted octanol–water partition coefficient (Wildman–Crippen LogP) is 4.45. The maximum atomic E-state index is 12.9. The first-order valence-electron chi connectivity index (χ1n) is 9.74. The summed E-state index contributed by atoms with van der Waals surface area (Å²) in [5.41, 5.74) is 1.80. The van der Waals surface area contributed by atoms with Crippen LogP contribution in [0.25, 0.3) is 0 Å². The minimum Gasteiger partial charge on any atom is -0.497 e. The lowest BCUT2D eigenvalue weighted by Gasteiger charge is -2.36. The second-order valence-corrected chi connectivity index (χ2v) is 6.92. The molecule has 1 aliphatic heterocycles. The summed E-state index contributed by atoms with van der Waals surface area (Å²) in [5, 5.41) is 0. The molecular formula is C24H24N2O3. The van der Waals surface area contributed by atoms with E-state index in [-0.39, 0.29) is 5.91 Å². The van der Waals surface area contributed by atoms with Crippen molar-refractivity contribution in [2.45, 2.75) is 0 Å². The maximum absolute atomic E-state index is 12.9. The van der Waals surface area contributed by atoms with Crippen LogP contribution >= 0.6 is 0 Å². The zero-order valence-electron chi connectivity index (χ0n) is 16.5. The van der Waals surface area contributed by atoms with Crippen LogP contribution in [-0.2, 0) is 0 Å². The second-order valence-electron chi connectivity index (χ2n) is 6.92. The second kappa shape index (κ2) is 8.69. The zero-order chi connectivity index (χ0) is 20.1. The number of ether oxygens (including phenoxy) is 2. The first kappa shape index (κ1) is 18.9. The Morgan fingerprint density at radius 1 is 0.759 bits per heavy atom. The van der Waals surface area contributed by atoms with Crippen molar-refractivity contribution in [1.29, 1.82) is 0 Å². The molecule has 0 unspecified atom stereocenters. The van der Waals surface area contributed by atoms with Crippen LogP contribution in [0.4, 0.5) is 5.69 Å². The molecule has 1 aliphatic rings. The molecule has 5 nitrogen and oxygen atoms in total. The van der Waals surface area contributed by atoms with Gasteiger partial charge in [-0.3, -0.25) is 4.79 Å². The molecule has 1 fully saturated rings. The van der Waals surface area contributed by atoms with Gasteiger partial charge < -0.3 is 19.3 Å². The standard InChI is InChI=1S/C24H24N2O3/c1-28-23-9-5-6-20(18-23)25-14-16-26(17-15-25)24(27)19-10-12-22(13-11-19)29-21-7-3-2-4-8-21/h2-13,18H,14-17H2,1H3. The first-order chi connectivity index (χ1) is 14.2. The Bertz CT molecular complexity index is 949. The van der Waals surface area contributed by atoms with Crippen LogP contribution in [-0.4, -0.2) is 44.1 Å². The summed E-state index contributed by atoms with van der Waals surface area (Å²) >= 11 is 0. The molecule has 148 valence electrons. The van der Waals surface area contributed by atoms with Gasteiger partial charge in [0.1, 0.15) is 17.2 Å². The molecule has 0 saturated carbocycles. The van der Waals surface area contributed by atoms with Crippen molar-refractivity contribution in [2.24, 2.45) is 0 Å². The highest BCUT2D eigenvalue weighted by Gasteiger charge is 2.22. The summed E-state index contributed by atoms with van der Waals surface area (Å²) in [6.45, 7) is 2.98. The molecular weight excluding hydrogens is 364 g/mol. The maximum Gasteiger partial charge on any atom is 0.253 e. The predicted molar refractivity (Wildman–Crippen MR) is 114 cm³/mol. The molecule has 1 heterocycles. The fraction of sp³-hybridized carbons (Fsp3) is 0.208. The van der Waals surface area contributed by atoms with Crippen molar-refractivity contribution in [2.75, 3.05) is 38.2 Å². The number of hydrogen-bond donors (Lipinski definition) is 0. The summed E-state index contributed by atoms with van der Waals surface area (Å²) in [6, 6.07) is 25.0. The van der Waals surface area contributed by atoms with E-state index in [0.717, 1.165) is 36.0 Å². The molecule has 4 rings (SSSR count). The molecule has 3 aromatic carbocycles. The van der Waals surface area contributed by atoms with Gasteiger partial charge in [-0.25, -0.2) is 0 Å². The summed E-state index contributed by atoms with van der Waals surface area (Å²) in [5.74, 6) is 2.40. The van der Waals surface area contributed by atoms with E-state index >= 15 is 0 Å². The molecule has 0 aromatic heterocycles. The van der Waals surface area contributed by atoms with Crippen LogP contribution in [0, 0.1) is 0 Å². The van der Waals surface area contributed by atoms with Gasteiger partial charge in [-0.05, 0) is 48.5 Å². The summed E-state index contributed by atoms with van der Waals surface area (Å²) in [7, 11) is 1.67. The summed E-state index contributed by atoms with van der Waals surface area (Å²) in [6.07, 6.45) is 0. The van der Waals surface area contributed by atoms with Gasteiger partial charge in [-0.2, -0.15) is 0 Å². The van der Waals surface area contributed by atoms with E-state index < -0.39 is 0 Å². The van der Waals surface area contributed by atoms with Crippen molar-refractivity contribution in [3.05, 3.63) is 84.4 Å². The fourth-order valence-corrected chi connectivity index (χ4v) is 3.45. The lowest BCUT2D eigenvalue weighted by atomic mass is 10.1. The van der Waals surface area contributed by atoms with Crippen molar-refractivity contribution in [3.8, 4) is 17.2 Å². The molecule has 0 N–H and O–H groups in total. The van der Waals surface area contributed by atoms with Crippen LogP contribution in [0.2, 0.25) is 0 Å². The molecule has 0 bridgehead atoms. The summed E-state index contributed by atoms with van der Waals surface area (Å²) < 4.78 is 11.1. The van der Waals surface area contributed by atoms with E-state index in [0.29, 0.717) is 18.7 Å². The highest BCUT2D eigenvalue weighted by atomic mass is 16.5. The third-order valence-corrected chi connectivity index (χ3v) is 5.07. The van der Waals surface area contributed by atoms with Crippen molar-refractivity contribution >= 4 is 11.6 Å². The van der Waals surface area contributed by atoms with Crippen molar-refractivity contribution in [3.63, 3.8) is 0 Å². The number of amides is 1. The largest absolute Gasteiger partial charge is 0.497 e. The van der Waals surface area contributed by atoms with Crippen LogP contribution in [0.5, 0.6) is 17.2 Å². The molecule has 29 heavy (non-hydrogen) atoms. The lowest BCUT2D eigenvalue weighted by Crippen LogP contribution is -2.48. The van der Waals surface area contributed by atoms with Crippen molar-refractivity contribution < 1.29 is 14.3 Å². The monoisotopic (exact) mass is 388 g/mol. The number of hydrogen-bond acceptors (Lipinski definition) is 4. The third kappa shape index (κ3) is 4.51. The van der Waals surface area contributed by atoms with Gasteiger partial charge in [0.2, 0.25) is 0 Å². The van der Waals surface area contributed by atoms with E-state index in [1.54, 1.807) is 7.11 Å². The topological polar surface area (TPSA) is 42.0 Å². The van der Waals surface area contributed by atoms with Gasteiger partial charge in [0.05, 0.1) is 7.11 Å². The molecule has 1 saturated heterocycles. The Hall–Kier alpha value is -3.47. The van der Waals surface area contributed by atoms with Crippen LogP contribution < -0.4 is 14.4 Å². The number of anilines is 1. The molecule has 3 aromatic rings. The molecule has 0 radical (unpaired) electrons. The number of nitrogens with zero attached hydrogens (tertiary/aromatic N) is 2. The zero-order valence-corrected chi connectivity index (χ0v) is 16.5. The van der Waals surface area contributed by atoms with Crippen molar-refractivity contribution in [1.82, 2.24) is 4.90 Å². The number of carbonyl (C=O) groups excluding carboxylic acids is 1. The van der Waals surface area contributed by atoms with E-state index in [2.05, 4.69) is 11.0 Å². The summed E-state index contributed by atoms with van der Waals surface area (Å²) in [4.78, 5) is 17.0. The minimum absolute atomic E-state index is 0.0570. The Kier molecular flexibility index (Phi) is 5.66. The first-order valence-corrected chi connectivity index (χ1v) is 9.74. The van der Waals surface area contributed by atoms with Gasteiger partial charge in [0.15, 0.2) is 0 Å². The molecule has 0 atom stereocenters.